The van der Waals surface area contributed by atoms with E-state index in [9.17, 15) is 49.2 Å². The minimum atomic E-state index is -1.81. The molecule has 1 aromatic carbocycles. The number of hydrogen-bond acceptors (Lipinski definition) is 14. The molecule has 0 spiro atoms. The van der Waals surface area contributed by atoms with E-state index in [-0.39, 0.29) is 73.5 Å². The number of carboxylic acid groups (broad SMARTS) is 2. The number of anilines is 1. The number of thiazole rings is 1. The summed E-state index contributed by atoms with van der Waals surface area (Å²) in [5.41, 5.74) is 3.56. The number of thioether (sulfide) groups is 1. The van der Waals surface area contributed by atoms with Crippen molar-refractivity contribution in [1.82, 2.24) is 19.8 Å². The van der Waals surface area contributed by atoms with Crippen molar-refractivity contribution < 1.29 is 53.7 Å². The number of aliphatic carboxylic acids is 2. The van der Waals surface area contributed by atoms with Crippen LogP contribution in [0.1, 0.15) is 68.9 Å². The molecule has 2 bridgehead atoms. The van der Waals surface area contributed by atoms with Crippen molar-refractivity contribution >= 4 is 86.0 Å². The zero-order valence-electron chi connectivity index (χ0n) is 32.6. The fourth-order valence-corrected chi connectivity index (χ4v) is 11.1. The number of amides is 2. The van der Waals surface area contributed by atoms with Crippen molar-refractivity contribution in [3.63, 3.8) is 0 Å². The highest BCUT2D eigenvalue weighted by Gasteiger charge is 2.58. The van der Waals surface area contributed by atoms with E-state index in [1.165, 1.54) is 52.7 Å². The lowest BCUT2D eigenvalue weighted by molar-refractivity contribution is -0.945. The van der Waals surface area contributed by atoms with Crippen molar-refractivity contribution in [2.75, 3.05) is 19.3 Å². The van der Waals surface area contributed by atoms with Gasteiger partial charge in [0.25, 0.3) is 11.8 Å². The first-order valence-electron chi connectivity index (χ1n) is 18.7. The number of benzene rings is 1. The van der Waals surface area contributed by atoms with Crippen LogP contribution in [0.3, 0.4) is 0 Å². The van der Waals surface area contributed by atoms with E-state index in [1.807, 2.05) is 6.92 Å². The molecule has 0 aliphatic carbocycles. The summed E-state index contributed by atoms with van der Waals surface area (Å²) in [4.78, 5) is 89.6. The van der Waals surface area contributed by atoms with E-state index >= 15 is 0 Å². The average Bonchev–Trinajstić information content (AvgIpc) is 3.63. The number of quaternary nitrogens is 1. The van der Waals surface area contributed by atoms with E-state index in [0.717, 1.165) is 24.2 Å². The lowest BCUT2D eigenvalue weighted by atomic mass is 9.83. The van der Waals surface area contributed by atoms with E-state index in [4.69, 9.17) is 22.2 Å². The van der Waals surface area contributed by atoms with Crippen molar-refractivity contribution in [3.05, 3.63) is 55.4 Å². The summed E-state index contributed by atoms with van der Waals surface area (Å²) in [7, 11) is 3.70. The number of nitrogens with two attached hydrogens (primary N) is 1. The first kappa shape index (κ1) is 42.0. The number of rotatable bonds is 12. The van der Waals surface area contributed by atoms with Crippen molar-refractivity contribution in [1.29, 1.82) is 0 Å². The fraction of sp³-hybridized carbons (Fsp3) is 0.474. The highest BCUT2D eigenvalue weighted by molar-refractivity contribution is 8.00. The molecule has 18 nitrogen and oxygen atoms in total. The van der Waals surface area contributed by atoms with Crippen molar-refractivity contribution in [3.8, 4) is 11.5 Å². The van der Waals surface area contributed by atoms with Crippen LogP contribution in [0, 0.1) is 5.92 Å². The number of fused-ring (bicyclic) bond motifs is 4. The topological polar surface area (TPSA) is 264 Å². The minimum Gasteiger partial charge on any atom is -0.504 e. The van der Waals surface area contributed by atoms with Gasteiger partial charge in [0.2, 0.25) is 11.0 Å². The van der Waals surface area contributed by atoms with Gasteiger partial charge < -0.3 is 45.4 Å². The van der Waals surface area contributed by atoms with Gasteiger partial charge in [-0.25, -0.2) is 14.6 Å². The molecular weight excluding hydrogens is 830 g/mol. The number of hydrogen-bond donors (Lipinski definition) is 6. The second-order valence-electron chi connectivity index (χ2n) is 16.2. The zero-order chi connectivity index (χ0) is 43.0. The number of carbonyl (C=O) groups is 5. The van der Waals surface area contributed by atoms with Crippen LogP contribution in [0.4, 0.5) is 5.13 Å². The fourth-order valence-electron chi connectivity index (χ4n) is 8.85. The van der Waals surface area contributed by atoms with E-state index < -0.39 is 63.4 Å². The molecule has 6 heterocycles. The Bertz CT molecular complexity index is 2450. The highest BCUT2D eigenvalue weighted by Crippen LogP contribution is 2.49. The van der Waals surface area contributed by atoms with Gasteiger partial charge in [-0.3, -0.25) is 24.1 Å². The Morgan fingerprint density at radius 3 is 2.41 bits per heavy atom. The molecule has 2 unspecified atom stereocenters. The number of halogens is 1. The standard InChI is InChI=1S/C38H42ClN7O11S2/c1-15-20(29(35(53)54)45-33(52)28(34(45)59-15)42-32(51)27(21-14-58-37(40)41-21)43-57-38(2,3)36(55)56)13-46(5)17-6-7-18(46)9-16(8-17)10-23(47)19-12-44(4)22-11-24(48)31(50)26(39)25(22)30(19)49/h11-12,14-18,28,34H,6-10,13H2,1-5H3,(H6-,40,41,42,43,48,49,50,51,53,54,55,56)/p+1/t15-,16?,17-,18+,28+,34+,46?/m0/s1. The van der Waals surface area contributed by atoms with E-state index in [0.29, 0.717) is 29.4 Å². The molecule has 2 amide bonds. The Balaban J connectivity index is 1.08. The van der Waals surface area contributed by atoms with Gasteiger partial charge in [0, 0.05) is 67.6 Å². The normalized spacial score (nSPS) is 26.7. The lowest BCUT2D eigenvalue weighted by Crippen LogP contribution is -2.72. The van der Waals surface area contributed by atoms with Crippen LogP contribution in [0.2, 0.25) is 5.02 Å². The summed E-state index contributed by atoms with van der Waals surface area (Å²) >= 11 is 8.60. The number of piperidine rings is 1. The smallest absolute Gasteiger partial charge is 0.352 e. The number of β-lactam (4-membered cyclic amide) rings is 1. The number of pyridine rings is 1. The van der Waals surface area contributed by atoms with Gasteiger partial charge in [0.1, 0.15) is 29.4 Å². The molecule has 4 aliphatic rings. The molecule has 7 atom stereocenters. The Morgan fingerprint density at radius 2 is 1.81 bits per heavy atom. The molecule has 3 fully saturated rings. The molecule has 4 aliphatic heterocycles. The molecular formula is C38H43ClN7O11S2+. The maximum absolute atomic E-state index is 13.7. The van der Waals surface area contributed by atoms with Gasteiger partial charge in [0.05, 0.1) is 40.6 Å². The number of aromatic hydroxyl groups is 2. The van der Waals surface area contributed by atoms with Crippen molar-refractivity contribution in [2.45, 2.75) is 87.2 Å². The highest BCUT2D eigenvalue weighted by atomic mass is 35.5. The van der Waals surface area contributed by atoms with Gasteiger partial charge in [-0.05, 0) is 26.7 Å². The first-order valence-corrected chi connectivity index (χ1v) is 20.9. The minimum absolute atomic E-state index is 0.00137. The third-order valence-corrected chi connectivity index (χ3v) is 14.6. The van der Waals surface area contributed by atoms with Gasteiger partial charge >= 0.3 is 11.9 Å². The first-order chi connectivity index (χ1) is 27.6. The summed E-state index contributed by atoms with van der Waals surface area (Å²) < 4.78 is 2.04. The number of aromatic nitrogens is 2. The lowest BCUT2D eigenvalue weighted by Gasteiger charge is -2.53. The van der Waals surface area contributed by atoms with E-state index in [2.05, 4.69) is 22.5 Å². The second kappa shape index (κ2) is 15.1. The number of carbonyl (C=O) groups excluding carboxylic acids is 3. The van der Waals surface area contributed by atoms with Crippen LogP contribution in [0.25, 0.3) is 10.9 Å². The number of carboxylic acids is 2. The predicted molar refractivity (Wildman–Crippen MR) is 217 cm³/mol. The number of nitrogens with one attached hydrogen (secondary N) is 1. The largest absolute Gasteiger partial charge is 0.504 e. The number of nitrogens with zero attached hydrogens (tertiary/aromatic N) is 5. The van der Waals surface area contributed by atoms with Crippen molar-refractivity contribution in [2.24, 2.45) is 18.1 Å². The summed E-state index contributed by atoms with van der Waals surface area (Å²) in [5, 5.41) is 46.7. The van der Waals surface area contributed by atoms with Crippen LogP contribution >= 0.6 is 34.7 Å². The number of Topliss-reactive ketones (excluding diaryl/α,β-unsaturated/α-hetero) is 1. The Kier molecular flexibility index (Phi) is 10.8. The van der Waals surface area contributed by atoms with Gasteiger partial charge in [-0.15, -0.1) is 23.1 Å². The number of nitrogen functional groups attached to an aromatic ring is 1. The van der Waals surface area contributed by atoms with Crippen LogP contribution < -0.4 is 16.5 Å². The molecule has 7 N–H and O–H groups in total. The van der Waals surface area contributed by atoms with Gasteiger partial charge in [-0.2, -0.15) is 0 Å². The molecule has 21 heteroatoms. The maximum Gasteiger partial charge on any atom is 0.352 e. The van der Waals surface area contributed by atoms with Crippen LogP contribution in [0.5, 0.6) is 11.5 Å². The maximum atomic E-state index is 13.7. The molecule has 2 aromatic heterocycles. The third kappa shape index (κ3) is 7.18. The molecule has 7 rings (SSSR count). The van der Waals surface area contributed by atoms with Gasteiger partial charge in [-0.1, -0.05) is 16.8 Å². The molecule has 314 valence electrons. The SMILES string of the molecule is C[C@@H]1S[C@@H]2[C@H](NC(=O)/C(=N\OC(C)(C)C(=O)O)c3csc(N)n3)C(=O)N2C(C(=O)O)=C1C[N+]1(C)[C@@H]2CC[C@H]1CC(CC(=O)c1cn(C)c3cc(O)c(O)c(Cl)c3c1=O)C2. The van der Waals surface area contributed by atoms with Gasteiger partial charge in [0.15, 0.2) is 28.1 Å². The Hall–Kier alpha value is -5.18. The molecule has 0 saturated carbocycles. The number of phenols is 2. The summed E-state index contributed by atoms with van der Waals surface area (Å²) in [6.07, 6.45) is 4.52. The molecule has 0 radical (unpaired) electrons. The van der Waals surface area contributed by atoms with E-state index in [1.54, 1.807) is 7.05 Å². The Morgan fingerprint density at radius 1 is 1.15 bits per heavy atom. The predicted octanol–water partition coefficient (Wildman–Crippen LogP) is 3.01. The van der Waals surface area contributed by atoms with Crippen LogP contribution in [-0.2, 0) is 31.1 Å². The molecule has 3 aromatic rings. The molecule has 59 heavy (non-hydrogen) atoms. The second-order valence-corrected chi connectivity index (χ2v) is 18.9. The number of aryl methyl sites for hydroxylation is 1. The number of phenolic OH excluding ortho intramolecular Hbond substituents is 2. The number of likely N-dealkylation sites (N-methyl/N-ethyl adjacent to an activating group) is 1. The molecule has 3 saturated heterocycles. The summed E-state index contributed by atoms with van der Waals surface area (Å²) in [5.74, 6) is -5.70. The quantitative estimate of drug-likeness (QED) is 0.0382. The van der Waals surface area contributed by atoms with Crippen LogP contribution in [0.15, 0.2) is 38.9 Å². The average molecular weight is 873 g/mol. The number of oxime groups is 1. The number of ketones is 1. The Labute approximate surface area is 349 Å². The third-order valence-electron chi connectivity index (χ3n) is 12.1. The summed E-state index contributed by atoms with van der Waals surface area (Å²) in [6.45, 7) is 4.69. The van der Waals surface area contributed by atoms with Crippen LogP contribution in [-0.4, -0.2) is 123 Å². The monoisotopic (exact) mass is 872 g/mol. The summed E-state index contributed by atoms with van der Waals surface area (Å²) in [6, 6.07) is 0.222. The zero-order valence-corrected chi connectivity index (χ0v) is 35.0.